The lowest BCUT2D eigenvalue weighted by Gasteiger charge is -2.06. The Balaban J connectivity index is 2.30. The van der Waals surface area contributed by atoms with Gasteiger partial charge in [-0.1, -0.05) is 0 Å². The lowest BCUT2D eigenvalue weighted by molar-refractivity contribution is 0.414. The van der Waals surface area contributed by atoms with Crippen LogP contribution in [0.25, 0.3) is 0 Å². The van der Waals surface area contributed by atoms with Crippen LogP contribution in [-0.2, 0) is 22.6 Å². The highest BCUT2D eigenvalue weighted by Crippen LogP contribution is 2.19. The number of sulfone groups is 1. The Bertz CT molecular complexity index is 761. The number of hydrogen-bond donors (Lipinski definition) is 0. The quantitative estimate of drug-likeness (QED) is 0.854. The zero-order valence-electron chi connectivity index (χ0n) is 11.2. The van der Waals surface area contributed by atoms with Crippen LogP contribution in [0.3, 0.4) is 0 Å². The molecule has 0 aliphatic rings. The molecule has 6 heteroatoms. The highest BCUT2D eigenvalue weighted by molar-refractivity contribution is 7.90. The fourth-order valence-corrected chi connectivity index (χ4v) is 3.10. The summed E-state index contributed by atoms with van der Waals surface area (Å²) in [5, 5.41) is 0. The van der Waals surface area contributed by atoms with Gasteiger partial charge in [-0.3, -0.25) is 4.79 Å². The van der Waals surface area contributed by atoms with E-state index in [1.807, 2.05) is 0 Å². The molecule has 0 atom stereocenters. The Kier molecular flexibility index (Phi) is 3.94. The van der Waals surface area contributed by atoms with E-state index in [4.69, 9.17) is 4.74 Å². The van der Waals surface area contributed by atoms with Gasteiger partial charge in [0.1, 0.15) is 5.75 Å². The van der Waals surface area contributed by atoms with Crippen molar-refractivity contribution in [3.8, 4) is 5.75 Å². The number of aromatic nitrogens is 1. The molecule has 1 aromatic carbocycles. The van der Waals surface area contributed by atoms with E-state index in [0.29, 0.717) is 11.3 Å². The summed E-state index contributed by atoms with van der Waals surface area (Å²) in [6, 6.07) is 9.14. The minimum atomic E-state index is -3.47. The van der Waals surface area contributed by atoms with Gasteiger partial charge in [0, 0.05) is 19.3 Å². The zero-order chi connectivity index (χ0) is 14.8. The lowest BCUT2D eigenvalue weighted by Crippen LogP contribution is -2.16. The standard InChI is InChI=1S/C14H15NO4S/c1-15-8-7-11(9-14(15)16)10-20(17,18)13-5-3-12(19-2)4-6-13/h3-9H,10H2,1-2H3. The summed E-state index contributed by atoms with van der Waals surface area (Å²) in [6.45, 7) is 0. The van der Waals surface area contributed by atoms with E-state index < -0.39 is 9.84 Å². The monoisotopic (exact) mass is 293 g/mol. The molecule has 20 heavy (non-hydrogen) atoms. The molecule has 0 N–H and O–H groups in total. The van der Waals surface area contributed by atoms with Gasteiger partial charge in [0.25, 0.3) is 5.56 Å². The number of pyridine rings is 1. The van der Waals surface area contributed by atoms with Crippen LogP contribution < -0.4 is 10.3 Å². The molecule has 0 aliphatic heterocycles. The molecule has 0 amide bonds. The average Bonchev–Trinajstić information content (AvgIpc) is 2.43. The van der Waals surface area contributed by atoms with Crippen molar-refractivity contribution < 1.29 is 13.2 Å². The van der Waals surface area contributed by atoms with Gasteiger partial charge in [0.05, 0.1) is 17.8 Å². The molecule has 0 aliphatic carbocycles. The molecule has 0 fully saturated rings. The molecule has 0 unspecified atom stereocenters. The Hall–Kier alpha value is -2.08. The summed E-state index contributed by atoms with van der Waals surface area (Å²) in [5.41, 5.74) is 0.247. The molecular weight excluding hydrogens is 278 g/mol. The Morgan fingerprint density at radius 1 is 1.15 bits per heavy atom. The highest BCUT2D eigenvalue weighted by Gasteiger charge is 2.15. The maximum atomic E-state index is 12.2. The van der Waals surface area contributed by atoms with Crippen LogP contribution in [0, 0.1) is 0 Å². The molecule has 1 aromatic heterocycles. The van der Waals surface area contributed by atoms with Crippen LogP contribution in [0.4, 0.5) is 0 Å². The van der Waals surface area contributed by atoms with Crippen LogP contribution >= 0.6 is 0 Å². The van der Waals surface area contributed by atoms with Crippen LogP contribution in [-0.4, -0.2) is 20.1 Å². The predicted molar refractivity (Wildman–Crippen MR) is 75.6 cm³/mol. The van der Waals surface area contributed by atoms with Gasteiger partial charge in [-0.25, -0.2) is 8.42 Å². The largest absolute Gasteiger partial charge is 0.497 e. The van der Waals surface area contributed by atoms with E-state index in [1.54, 1.807) is 31.4 Å². The number of methoxy groups -OCH3 is 1. The summed E-state index contributed by atoms with van der Waals surface area (Å²) in [6.07, 6.45) is 1.56. The van der Waals surface area contributed by atoms with Crippen LogP contribution in [0.1, 0.15) is 5.56 Å². The van der Waals surface area contributed by atoms with Crippen LogP contribution in [0.2, 0.25) is 0 Å². The number of aryl methyl sites for hydroxylation is 1. The van der Waals surface area contributed by atoms with E-state index in [-0.39, 0.29) is 16.2 Å². The van der Waals surface area contributed by atoms with Crippen molar-refractivity contribution >= 4 is 9.84 Å². The maximum absolute atomic E-state index is 12.2. The van der Waals surface area contributed by atoms with Gasteiger partial charge in [0.15, 0.2) is 9.84 Å². The molecule has 0 bridgehead atoms. The number of rotatable bonds is 4. The first-order valence-electron chi connectivity index (χ1n) is 5.95. The Morgan fingerprint density at radius 2 is 1.80 bits per heavy atom. The third-order valence-electron chi connectivity index (χ3n) is 2.94. The van der Waals surface area contributed by atoms with Crippen LogP contribution in [0.5, 0.6) is 5.75 Å². The van der Waals surface area contributed by atoms with Crippen molar-refractivity contribution in [3.63, 3.8) is 0 Å². The van der Waals surface area contributed by atoms with Crippen molar-refractivity contribution in [1.29, 1.82) is 0 Å². The second-order valence-corrected chi connectivity index (χ2v) is 6.41. The maximum Gasteiger partial charge on any atom is 0.250 e. The summed E-state index contributed by atoms with van der Waals surface area (Å²) in [4.78, 5) is 11.7. The Labute approximate surface area is 117 Å². The molecule has 0 radical (unpaired) electrons. The molecule has 0 spiro atoms. The van der Waals surface area contributed by atoms with Crippen molar-refractivity contribution in [2.45, 2.75) is 10.6 Å². The van der Waals surface area contributed by atoms with Crippen molar-refractivity contribution in [1.82, 2.24) is 4.57 Å². The normalized spacial score (nSPS) is 11.3. The van der Waals surface area contributed by atoms with Gasteiger partial charge in [-0.2, -0.15) is 0 Å². The van der Waals surface area contributed by atoms with Gasteiger partial charge >= 0.3 is 0 Å². The first-order chi connectivity index (χ1) is 9.42. The Morgan fingerprint density at radius 3 is 2.35 bits per heavy atom. The number of benzene rings is 1. The molecule has 0 saturated heterocycles. The SMILES string of the molecule is COc1ccc(S(=O)(=O)Cc2ccn(C)c(=O)c2)cc1. The molecule has 5 nitrogen and oxygen atoms in total. The van der Waals surface area contributed by atoms with Gasteiger partial charge in [-0.15, -0.1) is 0 Å². The zero-order valence-corrected chi connectivity index (χ0v) is 12.1. The summed E-state index contributed by atoms with van der Waals surface area (Å²) < 4.78 is 30.9. The minimum absolute atomic E-state index is 0.199. The first-order valence-corrected chi connectivity index (χ1v) is 7.60. The molecule has 2 rings (SSSR count). The van der Waals surface area contributed by atoms with Gasteiger partial charge in [0.2, 0.25) is 0 Å². The fourth-order valence-electron chi connectivity index (χ4n) is 1.77. The molecular formula is C14H15NO4S. The van der Waals surface area contributed by atoms with Gasteiger partial charge < -0.3 is 9.30 Å². The second-order valence-electron chi connectivity index (χ2n) is 4.42. The lowest BCUT2D eigenvalue weighted by atomic mass is 10.3. The first kappa shape index (κ1) is 14.3. The fraction of sp³-hybridized carbons (Fsp3) is 0.214. The molecule has 106 valence electrons. The third kappa shape index (κ3) is 3.08. The van der Waals surface area contributed by atoms with Gasteiger partial charge in [-0.05, 0) is 35.9 Å². The minimum Gasteiger partial charge on any atom is -0.497 e. The number of nitrogens with zero attached hydrogens (tertiary/aromatic N) is 1. The van der Waals surface area contributed by atoms with E-state index in [9.17, 15) is 13.2 Å². The highest BCUT2D eigenvalue weighted by atomic mass is 32.2. The number of ether oxygens (including phenoxy) is 1. The summed E-state index contributed by atoms with van der Waals surface area (Å²) in [7, 11) is -0.339. The predicted octanol–water partition coefficient (Wildman–Crippen LogP) is 1.37. The van der Waals surface area contributed by atoms with Crippen molar-refractivity contribution in [2.24, 2.45) is 7.05 Å². The topological polar surface area (TPSA) is 65.4 Å². The second kappa shape index (κ2) is 5.50. The van der Waals surface area contributed by atoms with E-state index in [2.05, 4.69) is 0 Å². The smallest absolute Gasteiger partial charge is 0.250 e. The molecule has 0 saturated carbocycles. The summed E-state index contributed by atoms with van der Waals surface area (Å²) >= 11 is 0. The van der Waals surface area contributed by atoms with Crippen molar-refractivity contribution in [2.75, 3.05) is 7.11 Å². The molecule has 1 heterocycles. The van der Waals surface area contributed by atoms with Crippen molar-refractivity contribution in [3.05, 3.63) is 58.5 Å². The third-order valence-corrected chi connectivity index (χ3v) is 4.65. The van der Waals surface area contributed by atoms with E-state index in [0.717, 1.165) is 0 Å². The van der Waals surface area contributed by atoms with E-state index >= 15 is 0 Å². The van der Waals surface area contributed by atoms with E-state index in [1.165, 1.54) is 29.9 Å². The van der Waals surface area contributed by atoms with Crippen LogP contribution in [0.15, 0.2) is 52.3 Å². The molecule has 2 aromatic rings. The number of hydrogen-bond acceptors (Lipinski definition) is 4. The average molecular weight is 293 g/mol. The summed E-state index contributed by atoms with van der Waals surface area (Å²) in [5.74, 6) is 0.396.